The van der Waals surface area contributed by atoms with E-state index < -0.39 is 0 Å². The number of hydrogen-bond donors (Lipinski definition) is 0. The first-order valence-corrected chi connectivity index (χ1v) is 0. The van der Waals surface area contributed by atoms with Crippen molar-refractivity contribution in [2.75, 3.05) is 0 Å². The monoisotopic (exact) mass is 236 g/mol. The SMILES string of the molecule is F.[F-].[F-].[F-].[F-].[F-].[Sb+5]. The van der Waals surface area contributed by atoms with E-state index in [9.17, 15) is 0 Å². The van der Waals surface area contributed by atoms with Crippen LogP contribution in [0.3, 0.4) is 0 Å². The van der Waals surface area contributed by atoms with Gasteiger partial charge in [-0.05, 0) is 0 Å². The van der Waals surface area contributed by atoms with E-state index in [0.29, 0.717) is 0 Å². The fraction of sp³-hybridized carbons (Fsp3) is 0. The van der Waals surface area contributed by atoms with E-state index in [0.717, 1.165) is 0 Å². The minimum absolute atomic E-state index is 0. The van der Waals surface area contributed by atoms with Crippen LogP contribution in [0.25, 0.3) is 0 Å². The van der Waals surface area contributed by atoms with Crippen LogP contribution in [-0.4, -0.2) is 24.4 Å². The summed E-state index contributed by atoms with van der Waals surface area (Å²) in [5, 5.41) is 0. The smallest absolute Gasteiger partial charge is 1.00 e. The first kappa shape index (κ1) is 1910. The molecule has 0 aromatic rings. The molecule has 0 heterocycles. The average molecular weight is 237 g/mol. The van der Waals surface area contributed by atoms with E-state index in [1.165, 1.54) is 0 Å². The van der Waals surface area contributed by atoms with Gasteiger partial charge in [0.1, 0.15) is 0 Å². The zero-order valence-electron chi connectivity index (χ0n) is 2.75. The van der Waals surface area contributed by atoms with E-state index in [2.05, 4.69) is 0 Å². The molecule has 0 N–H and O–H groups in total. The van der Waals surface area contributed by atoms with Crippen molar-refractivity contribution in [1.82, 2.24) is 0 Å². The third-order valence-corrected chi connectivity index (χ3v) is 0. The van der Waals surface area contributed by atoms with Crippen molar-refractivity contribution < 1.29 is 28.2 Å². The molecular formula is HF6Sb. The molecule has 0 spiro atoms. The van der Waals surface area contributed by atoms with Crippen molar-refractivity contribution in [3.05, 3.63) is 0 Å². The summed E-state index contributed by atoms with van der Waals surface area (Å²) in [6.07, 6.45) is 0. The first-order chi connectivity index (χ1) is 0. The molecular weight excluding hydrogens is 236 g/mol. The third-order valence-electron chi connectivity index (χ3n) is 0. The van der Waals surface area contributed by atoms with E-state index in [1.54, 1.807) is 0 Å². The van der Waals surface area contributed by atoms with Gasteiger partial charge in [0.15, 0.2) is 0 Å². The van der Waals surface area contributed by atoms with Gasteiger partial charge in [0.2, 0.25) is 0 Å². The van der Waals surface area contributed by atoms with Crippen LogP contribution in [0.15, 0.2) is 0 Å². The van der Waals surface area contributed by atoms with E-state index >= 15 is 0 Å². The quantitative estimate of drug-likeness (QED) is 0.290. The van der Waals surface area contributed by atoms with Gasteiger partial charge in [-0.15, -0.1) is 0 Å². The molecule has 0 saturated carbocycles. The van der Waals surface area contributed by atoms with E-state index in [-0.39, 0.29) is 52.7 Å². The topological polar surface area (TPSA) is 0 Å². The summed E-state index contributed by atoms with van der Waals surface area (Å²) in [4.78, 5) is 0. The van der Waals surface area contributed by atoms with Crippen LogP contribution in [0.2, 0.25) is 0 Å². The second-order valence-electron chi connectivity index (χ2n) is 0. The van der Waals surface area contributed by atoms with Gasteiger partial charge >= 0.3 is 24.4 Å². The molecule has 0 rings (SSSR count). The second kappa shape index (κ2) is 1180. The number of halogens is 6. The van der Waals surface area contributed by atoms with Gasteiger partial charge in [-0.2, -0.15) is 0 Å². The van der Waals surface area contributed by atoms with Crippen LogP contribution in [-0.2, 0) is 0 Å². The van der Waals surface area contributed by atoms with Gasteiger partial charge in [-0.3, -0.25) is 4.70 Å². The summed E-state index contributed by atoms with van der Waals surface area (Å²) in [6, 6.07) is 0. The van der Waals surface area contributed by atoms with Crippen molar-refractivity contribution in [3.8, 4) is 0 Å². The maximum absolute atomic E-state index is 0. The molecule has 0 atom stereocenters. The van der Waals surface area contributed by atoms with Crippen molar-refractivity contribution in [1.29, 1.82) is 0 Å². The van der Waals surface area contributed by atoms with E-state index in [1.807, 2.05) is 0 Å². The Labute approximate surface area is 53.3 Å². The fourth-order valence-electron chi connectivity index (χ4n) is 0. The minimum Gasteiger partial charge on any atom is -1.00 e. The van der Waals surface area contributed by atoms with Crippen LogP contribution in [0.4, 0.5) is 4.70 Å². The molecule has 7 heavy (non-hydrogen) atoms. The Morgan fingerprint density at radius 2 is 0.429 bits per heavy atom. The van der Waals surface area contributed by atoms with Gasteiger partial charge in [-0.1, -0.05) is 0 Å². The predicted molar refractivity (Wildman–Crippen MR) is 8.26 cm³/mol. The molecule has 7 heteroatoms. The van der Waals surface area contributed by atoms with Crippen LogP contribution < -0.4 is 23.5 Å². The van der Waals surface area contributed by atoms with Gasteiger partial charge in [0.05, 0.1) is 0 Å². The van der Waals surface area contributed by atoms with E-state index in [4.69, 9.17) is 0 Å². The Kier molecular flexibility index (Phi) is 321000. The molecule has 0 amide bonds. The Morgan fingerprint density at radius 1 is 0.429 bits per heavy atom. The molecule has 48 valence electrons. The summed E-state index contributed by atoms with van der Waals surface area (Å²) in [5.74, 6) is 0. The molecule has 0 unspecified atom stereocenters. The normalized spacial score (nSPS) is 0. The molecule has 0 aliphatic carbocycles. The molecule has 0 aliphatic heterocycles. The standard InChI is InChI=1S/6FH.Sb/h6*1H;/q;;;;;;+5/p-5. The maximum atomic E-state index is 0. The third kappa shape index (κ3) is 781. The first-order valence-electron chi connectivity index (χ1n) is 0. The summed E-state index contributed by atoms with van der Waals surface area (Å²) in [6.45, 7) is 0. The van der Waals surface area contributed by atoms with Crippen LogP contribution >= 0.6 is 0 Å². The van der Waals surface area contributed by atoms with Crippen molar-refractivity contribution >= 4 is 24.4 Å². The van der Waals surface area contributed by atoms with Crippen LogP contribution in [0.5, 0.6) is 0 Å². The van der Waals surface area contributed by atoms with Gasteiger partial charge in [0, 0.05) is 0 Å². The largest absolute Gasteiger partial charge is 5.00 e. The molecule has 0 aromatic heterocycles. The Morgan fingerprint density at radius 3 is 0.429 bits per heavy atom. The molecule has 0 saturated heterocycles. The Balaban J connectivity index is 0. The van der Waals surface area contributed by atoms with Gasteiger partial charge in [0.25, 0.3) is 0 Å². The summed E-state index contributed by atoms with van der Waals surface area (Å²) in [5.41, 5.74) is 0. The summed E-state index contributed by atoms with van der Waals surface area (Å²) in [7, 11) is 0. The number of rotatable bonds is 0. The van der Waals surface area contributed by atoms with Gasteiger partial charge in [-0.25, -0.2) is 0 Å². The van der Waals surface area contributed by atoms with Crippen LogP contribution in [0, 0.1) is 0 Å². The Bertz CT molecular complexity index is 4.14. The van der Waals surface area contributed by atoms with Gasteiger partial charge < -0.3 is 23.5 Å². The zero-order valence-corrected chi connectivity index (χ0v) is 5.30. The summed E-state index contributed by atoms with van der Waals surface area (Å²) >= 11 is 0. The molecule has 0 nitrogen and oxygen atoms in total. The second-order valence-corrected chi connectivity index (χ2v) is 0. The van der Waals surface area contributed by atoms with Crippen molar-refractivity contribution in [2.24, 2.45) is 0 Å². The maximum Gasteiger partial charge on any atom is 5.00 e. The minimum atomic E-state index is 0. The molecule has 0 fully saturated rings. The molecule has 0 aliphatic rings. The molecule has 0 bridgehead atoms. The molecule has 0 radical (unpaired) electrons. The summed E-state index contributed by atoms with van der Waals surface area (Å²) < 4.78 is 0. The van der Waals surface area contributed by atoms with Crippen molar-refractivity contribution in [3.63, 3.8) is 0 Å². The zero-order chi connectivity index (χ0) is 0. The number of hydrogen-bond acceptors (Lipinski definition) is 0. The predicted octanol–water partition coefficient (Wildman–Crippen LogP) is -15.2. The Hall–Kier alpha value is 0.398. The van der Waals surface area contributed by atoms with Crippen molar-refractivity contribution in [2.45, 2.75) is 0 Å². The average Bonchev–Trinajstić information content (AvgIpc) is 0. The molecule has 0 aromatic carbocycles. The fourth-order valence-corrected chi connectivity index (χ4v) is 0. The van der Waals surface area contributed by atoms with Crippen LogP contribution in [0.1, 0.15) is 0 Å².